The summed E-state index contributed by atoms with van der Waals surface area (Å²) in [7, 11) is 0. The number of benzene rings is 1. The zero-order chi connectivity index (χ0) is 17.9. The summed E-state index contributed by atoms with van der Waals surface area (Å²) in [6.45, 7) is 2.43. The molecular formula is C19H21N3O4. The highest BCUT2D eigenvalue weighted by Crippen LogP contribution is 2.46. The predicted octanol–water partition coefficient (Wildman–Crippen LogP) is 0.987. The maximum atomic E-state index is 13.2. The van der Waals surface area contributed by atoms with Crippen LogP contribution in [0.2, 0.25) is 0 Å². The minimum absolute atomic E-state index is 0.0708. The third kappa shape index (κ3) is 2.06. The topological polar surface area (TPSA) is 70.2 Å². The van der Waals surface area contributed by atoms with E-state index in [2.05, 4.69) is 0 Å². The van der Waals surface area contributed by atoms with Crippen LogP contribution in [0.4, 0.5) is 5.69 Å². The van der Waals surface area contributed by atoms with Crippen molar-refractivity contribution in [2.75, 3.05) is 31.1 Å². The lowest BCUT2D eigenvalue weighted by Crippen LogP contribution is -2.48. The molecule has 1 aromatic carbocycles. The lowest BCUT2D eigenvalue weighted by Gasteiger charge is -2.31. The number of anilines is 1. The molecule has 26 heavy (non-hydrogen) atoms. The van der Waals surface area contributed by atoms with Crippen LogP contribution in [-0.4, -0.2) is 65.5 Å². The zero-order valence-electron chi connectivity index (χ0n) is 14.5. The van der Waals surface area contributed by atoms with E-state index in [1.54, 1.807) is 21.9 Å². The van der Waals surface area contributed by atoms with Crippen LogP contribution in [0, 0.1) is 0 Å². The van der Waals surface area contributed by atoms with Crippen LogP contribution in [0.3, 0.4) is 0 Å². The van der Waals surface area contributed by atoms with Crippen LogP contribution in [0.5, 0.6) is 0 Å². The van der Waals surface area contributed by atoms with Gasteiger partial charge in [0.2, 0.25) is 11.8 Å². The van der Waals surface area contributed by atoms with E-state index in [4.69, 9.17) is 4.74 Å². The van der Waals surface area contributed by atoms with E-state index >= 15 is 0 Å². The summed E-state index contributed by atoms with van der Waals surface area (Å²) in [6.07, 6.45) is 2.41. The first-order chi connectivity index (χ1) is 12.6. The number of nitrogens with zero attached hydrogens (tertiary/aromatic N) is 3. The summed E-state index contributed by atoms with van der Waals surface area (Å²) in [5.41, 5.74) is 0.714. The summed E-state index contributed by atoms with van der Waals surface area (Å²) in [6, 6.07) is 7.04. The molecule has 2 atom stereocenters. The molecule has 4 fully saturated rings. The van der Waals surface area contributed by atoms with Crippen LogP contribution in [0.1, 0.15) is 36.0 Å². The molecule has 1 aromatic rings. The average molecular weight is 355 g/mol. The van der Waals surface area contributed by atoms with Gasteiger partial charge in [-0.15, -0.1) is 0 Å². The van der Waals surface area contributed by atoms with E-state index in [1.165, 1.54) is 0 Å². The average Bonchev–Trinajstić information content (AvgIpc) is 3.38. The van der Waals surface area contributed by atoms with Gasteiger partial charge in [-0.05, 0) is 24.6 Å². The normalized spacial score (nSPS) is 30.3. The van der Waals surface area contributed by atoms with Crippen LogP contribution in [0.25, 0.3) is 0 Å². The SMILES string of the molecule is O=C1CCCN1c1cccc(C(=O)N2CC[C@@]34OCCN3C(=O)C[C@@H]24)c1. The van der Waals surface area contributed by atoms with Crippen molar-refractivity contribution in [1.29, 1.82) is 0 Å². The highest BCUT2D eigenvalue weighted by Gasteiger charge is 2.62. The van der Waals surface area contributed by atoms with Gasteiger partial charge in [0, 0.05) is 43.7 Å². The first-order valence-electron chi connectivity index (χ1n) is 9.26. The summed E-state index contributed by atoms with van der Waals surface area (Å²) in [5.74, 6) is 0.0815. The van der Waals surface area contributed by atoms with E-state index < -0.39 is 5.72 Å². The molecule has 4 saturated heterocycles. The molecule has 0 aromatic heterocycles. The van der Waals surface area contributed by atoms with Crippen molar-refractivity contribution in [2.24, 2.45) is 0 Å². The standard InChI is InChI=1S/C19H21N3O4/c23-16-5-2-7-20(16)14-4-1-3-13(11-14)18(25)21-8-6-19-15(21)12-17(24)22(19)9-10-26-19/h1,3-4,11,15H,2,5-10,12H2/t15-,19+/m1/s1. The molecule has 7 heteroatoms. The van der Waals surface area contributed by atoms with Gasteiger partial charge in [-0.3, -0.25) is 14.4 Å². The number of carbonyl (C=O) groups is 3. The molecule has 7 nitrogen and oxygen atoms in total. The van der Waals surface area contributed by atoms with E-state index in [1.807, 2.05) is 17.0 Å². The smallest absolute Gasteiger partial charge is 0.254 e. The summed E-state index contributed by atoms with van der Waals surface area (Å²) in [4.78, 5) is 42.8. The highest BCUT2D eigenvalue weighted by molar-refractivity contribution is 5.99. The second-order valence-electron chi connectivity index (χ2n) is 7.41. The highest BCUT2D eigenvalue weighted by atomic mass is 16.5. The van der Waals surface area contributed by atoms with Crippen LogP contribution < -0.4 is 4.90 Å². The quantitative estimate of drug-likeness (QED) is 0.793. The molecule has 0 saturated carbocycles. The molecule has 4 aliphatic heterocycles. The van der Waals surface area contributed by atoms with E-state index in [0.29, 0.717) is 51.1 Å². The van der Waals surface area contributed by atoms with Gasteiger partial charge in [0.1, 0.15) is 0 Å². The van der Waals surface area contributed by atoms with Crippen molar-refractivity contribution >= 4 is 23.4 Å². The predicted molar refractivity (Wildman–Crippen MR) is 92.5 cm³/mol. The number of hydrogen-bond acceptors (Lipinski definition) is 4. The summed E-state index contributed by atoms with van der Waals surface area (Å²) >= 11 is 0. The molecule has 0 N–H and O–H groups in total. The molecule has 0 unspecified atom stereocenters. The fourth-order valence-electron chi connectivity index (χ4n) is 4.93. The number of likely N-dealkylation sites (tertiary alicyclic amines) is 1. The molecule has 0 bridgehead atoms. The minimum atomic E-state index is -0.616. The number of hydrogen-bond donors (Lipinski definition) is 0. The summed E-state index contributed by atoms with van der Waals surface area (Å²) < 4.78 is 5.95. The van der Waals surface area contributed by atoms with Gasteiger partial charge in [0.25, 0.3) is 5.91 Å². The van der Waals surface area contributed by atoms with E-state index in [9.17, 15) is 14.4 Å². The van der Waals surface area contributed by atoms with Gasteiger partial charge < -0.3 is 19.4 Å². The molecule has 3 amide bonds. The van der Waals surface area contributed by atoms with Gasteiger partial charge in [-0.1, -0.05) is 6.07 Å². The van der Waals surface area contributed by atoms with Crippen LogP contribution in [-0.2, 0) is 14.3 Å². The maximum absolute atomic E-state index is 13.2. The Bertz CT molecular complexity index is 810. The van der Waals surface area contributed by atoms with Crippen molar-refractivity contribution in [3.8, 4) is 0 Å². The van der Waals surface area contributed by atoms with Crippen LogP contribution >= 0.6 is 0 Å². The van der Waals surface area contributed by atoms with Crippen LogP contribution in [0.15, 0.2) is 24.3 Å². The Balaban J connectivity index is 1.42. The third-order valence-electron chi connectivity index (χ3n) is 6.14. The number of ether oxygens (including phenoxy) is 1. The van der Waals surface area contributed by atoms with Crippen molar-refractivity contribution in [1.82, 2.24) is 9.80 Å². The van der Waals surface area contributed by atoms with Gasteiger partial charge in [0.15, 0.2) is 5.72 Å². The second kappa shape index (κ2) is 5.54. The summed E-state index contributed by atoms with van der Waals surface area (Å²) in [5, 5.41) is 0. The maximum Gasteiger partial charge on any atom is 0.254 e. The van der Waals surface area contributed by atoms with Gasteiger partial charge in [0.05, 0.1) is 19.1 Å². The van der Waals surface area contributed by atoms with E-state index in [0.717, 1.165) is 12.1 Å². The van der Waals surface area contributed by atoms with E-state index in [-0.39, 0.29) is 23.8 Å². The molecule has 0 radical (unpaired) electrons. The first kappa shape index (κ1) is 15.8. The molecular weight excluding hydrogens is 334 g/mol. The first-order valence-corrected chi connectivity index (χ1v) is 9.26. The Morgan fingerprint density at radius 2 is 2.04 bits per heavy atom. The van der Waals surface area contributed by atoms with Gasteiger partial charge >= 0.3 is 0 Å². The fourth-order valence-corrected chi connectivity index (χ4v) is 4.93. The third-order valence-corrected chi connectivity index (χ3v) is 6.14. The van der Waals surface area contributed by atoms with Gasteiger partial charge in [-0.25, -0.2) is 0 Å². The minimum Gasteiger partial charge on any atom is -0.351 e. The molecule has 4 aliphatic rings. The Labute approximate surface area is 151 Å². The Kier molecular flexibility index (Phi) is 3.37. The zero-order valence-corrected chi connectivity index (χ0v) is 14.5. The Morgan fingerprint density at radius 3 is 2.85 bits per heavy atom. The molecule has 1 spiro atoms. The molecule has 5 rings (SSSR count). The Hall–Kier alpha value is -2.41. The Morgan fingerprint density at radius 1 is 1.15 bits per heavy atom. The van der Waals surface area contributed by atoms with Crippen molar-refractivity contribution in [3.05, 3.63) is 29.8 Å². The molecule has 136 valence electrons. The lowest BCUT2D eigenvalue weighted by atomic mass is 10.1. The molecule has 4 heterocycles. The second-order valence-corrected chi connectivity index (χ2v) is 7.41. The van der Waals surface area contributed by atoms with Crippen molar-refractivity contribution in [3.63, 3.8) is 0 Å². The van der Waals surface area contributed by atoms with Crippen molar-refractivity contribution in [2.45, 2.75) is 37.5 Å². The van der Waals surface area contributed by atoms with Gasteiger partial charge in [-0.2, -0.15) is 0 Å². The fraction of sp³-hybridized carbons (Fsp3) is 0.526. The number of rotatable bonds is 2. The number of amides is 3. The monoisotopic (exact) mass is 355 g/mol. The number of carbonyl (C=O) groups excluding carboxylic acids is 3. The molecule has 0 aliphatic carbocycles. The van der Waals surface area contributed by atoms with Crippen molar-refractivity contribution < 1.29 is 19.1 Å². The largest absolute Gasteiger partial charge is 0.351 e. The lowest BCUT2D eigenvalue weighted by molar-refractivity contribution is -0.136.